The summed E-state index contributed by atoms with van der Waals surface area (Å²) in [5, 5.41) is 4.41. The van der Waals surface area contributed by atoms with Crippen molar-refractivity contribution < 1.29 is 14.3 Å². The molecule has 3 rings (SSSR count). The second-order valence-electron chi connectivity index (χ2n) is 5.65. The first-order valence-corrected chi connectivity index (χ1v) is 9.36. The van der Waals surface area contributed by atoms with E-state index in [4.69, 9.17) is 16.3 Å². The van der Waals surface area contributed by atoms with Gasteiger partial charge in [-0.2, -0.15) is 5.10 Å². The van der Waals surface area contributed by atoms with Crippen LogP contribution >= 0.6 is 27.5 Å². The normalized spacial score (nSPS) is 10.6. The first-order chi connectivity index (χ1) is 13.5. The number of hydrogen-bond donors (Lipinski definition) is 1. The fraction of sp³-hybridized carbons (Fsp3) is 0. The van der Waals surface area contributed by atoms with Crippen molar-refractivity contribution in [3.63, 3.8) is 0 Å². The van der Waals surface area contributed by atoms with Gasteiger partial charge in [-0.1, -0.05) is 51.8 Å². The molecule has 0 saturated heterocycles. The van der Waals surface area contributed by atoms with E-state index in [0.717, 1.165) is 4.47 Å². The molecular formula is C21H14BrClN2O3. The van der Waals surface area contributed by atoms with E-state index in [1.807, 2.05) is 6.07 Å². The van der Waals surface area contributed by atoms with Gasteiger partial charge < -0.3 is 4.74 Å². The number of halogens is 2. The molecule has 0 spiro atoms. The van der Waals surface area contributed by atoms with Gasteiger partial charge in [0.15, 0.2) is 0 Å². The van der Waals surface area contributed by atoms with Crippen LogP contribution in [-0.4, -0.2) is 18.1 Å². The predicted molar refractivity (Wildman–Crippen MR) is 112 cm³/mol. The summed E-state index contributed by atoms with van der Waals surface area (Å²) in [5.74, 6) is -0.574. The van der Waals surface area contributed by atoms with Crippen LogP contribution in [0.2, 0.25) is 5.02 Å². The second kappa shape index (κ2) is 9.30. The molecule has 0 aliphatic rings. The smallest absolute Gasteiger partial charge is 0.343 e. The first-order valence-electron chi connectivity index (χ1n) is 8.19. The number of rotatable bonds is 5. The summed E-state index contributed by atoms with van der Waals surface area (Å²) >= 11 is 9.25. The molecule has 5 nitrogen and oxygen atoms in total. The number of amides is 1. The standard InChI is InChI=1S/C21H14BrClN2O3/c22-17-9-10-19(28-21(27)14-5-2-1-3-6-14)16(11-17)13-24-25-20(26)15-7-4-8-18(23)12-15/h1-13H,(H,25,26). The molecule has 0 radical (unpaired) electrons. The lowest BCUT2D eigenvalue weighted by Gasteiger charge is -2.08. The van der Waals surface area contributed by atoms with Crippen molar-refractivity contribution in [3.05, 3.63) is 99.0 Å². The van der Waals surface area contributed by atoms with Gasteiger partial charge in [0.1, 0.15) is 5.75 Å². The maximum atomic E-state index is 12.3. The van der Waals surface area contributed by atoms with Crippen molar-refractivity contribution in [1.82, 2.24) is 5.43 Å². The highest BCUT2D eigenvalue weighted by Crippen LogP contribution is 2.23. The predicted octanol–water partition coefficient (Wildman–Crippen LogP) is 5.09. The van der Waals surface area contributed by atoms with E-state index in [-0.39, 0.29) is 0 Å². The number of ether oxygens (including phenoxy) is 1. The van der Waals surface area contributed by atoms with Crippen LogP contribution in [0.15, 0.2) is 82.4 Å². The van der Waals surface area contributed by atoms with Crippen LogP contribution in [0.25, 0.3) is 0 Å². The second-order valence-corrected chi connectivity index (χ2v) is 7.00. The summed E-state index contributed by atoms with van der Waals surface area (Å²) in [7, 11) is 0. The summed E-state index contributed by atoms with van der Waals surface area (Å²) in [5.41, 5.74) is 3.76. The monoisotopic (exact) mass is 456 g/mol. The third-order valence-corrected chi connectivity index (χ3v) is 4.37. The average molecular weight is 458 g/mol. The van der Waals surface area contributed by atoms with E-state index >= 15 is 0 Å². The van der Waals surface area contributed by atoms with E-state index in [2.05, 4.69) is 26.5 Å². The van der Waals surface area contributed by atoms with Crippen molar-refractivity contribution in [2.75, 3.05) is 0 Å². The quantitative estimate of drug-likeness (QED) is 0.251. The minimum atomic E-state index is -0.486. The van der Waals surface area contributed by atoms with Gasteiger partial charge in [-0.15, -0.1) is 0 Å². The summed E-state index contributed by atoms with van der Waals surface area (Å²) in [6.45, 7) is 0. The summed E-state index contributed by atoms with van der Waals surface area (Å²) in [6.07, 6.45) is 1.40. The number of hydrogen-bond acceptors (Lipinski definition) is 4. The Labute approximate surface area is 175 Å². The number of carbonyl (C=O) groups is 2. The SMILES string of the molecule is O=C(NN=Cc1cc(Br)ccc1OC(=O)c1ccccc1)c1cccc(Cl)c1. The van der Waals surface area contributed by atoms with Crippen LogP contribution in [0.5, 0.6) is 5.75 Å². The molecule has 3 aromatic carbocycles. The lowest BCUT2D eigenvalue weighted by atomic mass is 10.2. The van der Waals surface area contributed by atoms with Crippen LogP contribution in [0.3, 0.4) is 0 Å². The van der Waals surface area contributed by atoms with Gasteiger partial charge in [0.2, 0.25) is 0 Å². The van der Waals surface area contributed by atoms with E-state index < -0.39 is 11.9 Å². The number of hydrazone groups is 1. The topological polar surface area (TPSA) is 67.8 Å². The molecule has 7 heteroatoms. The highest BCUT2D eigenvalue weighted by Gasteiger charge is 2.11. The van der Waals surface area contributed by atoms with Crippen LogP contribution in [0.1, 0.15) is 26.3 Å². The van der Waals surface area contributed by atoms with Crippen LogP contribution in [0.4, 0.5) is 0 Å². The van der Waals surface area contributed by atoms with Crippen molar-refractivity contribution >= 4 is 45.6 Å². The molecule has 0 fully saturated rings. The summed E-state index contributed by atoms with van der Waals surface area (Å²) in [6, 6.07) is 20.3. The van der Waals surface area contributed by atoms with Gasteiger partial charge in [-0.05, 0) is 48.5 Å². The molecule has 0 unspecified atom stereocenters. The summed E-state index contributed by atoms with van der Waals surface area (Å²) in [4.78, 5) is 24.4. The fourth-order valence-electron chi connectivity index (χ4n) is 2.30. The number of esters is 1. The largest absolute Gasteiger partial charge is 0.422 e. The van der Waals surface area contributed by atoms with Crippen molar-refractivity contribution in [1.29, 1.82) is 0 Å². The number of nitrogens with one attached hydrogen (secondary N) is 1. The average Bonchev–Trinajstić information content (AvgIpc) is 2.70. The van der Waals surface area contributed by atoms with Gasteiger partial charge in [-0.3, -0.25) is 4.79 Å². The Morgan fingerprint density at radius 2 is 1.71 bits per heavy atom. The van der Waals surface area contributed by atoms with Gasteiger partial charge >= 0.3 is 5.97 Å². The van der Waals surface area contributed by atoms with E-state index in [1.165, 1.54) is 6.21 Å². The molecule has 0 aliphatic carbocycles. The van der Waals surface area contributed by atoms with Crippen LogP contribution in [-0.2, 0) is 0 Å². The minimum Gasteiger partial charge on any atom is -0.422 e. The number of carbonyl (C=O) groups excluding carboxylic acids is 2. The zero-order valence-corrected chi connectivity index (χ0v) is 16.8. The van der Waals surface area contributed by atoms with E-state index in [1.54, 1.807) is 66.7 Å². The van der Waals surface area contributed by atoms with Crippen LogP contribution in [0, 0.1) is 0 Å². The van der Waals surface area contributed by atoms with Crippen molar-refractivity contribution in [2.24, 2.45) is 5.10 Å². The molecule has 0 bridgehead atoms. The van der Waals surface area contributed by atoms with Gasteiger partial charge in [0.25, 0.3) is 5.91 Å². The lowest BCUT2D eigenvalue weighted by molar-refractivity contribution is 0.0734. The Bertz CT molecular complexity index is 1040. The fourth-order valence-corrected chi connectivity index (χ4v) is 2.87. The number of benzene rings is 3. The molecular weight excluding hydrogens is 444 g/mol. The highest BCUT2D eigenvalue weighted by molar-refractivity contribution is 9.10. The van der Waals surface area contributed by atoms with E-state index in [0.29, 0.717) is 27.5 Å². The first kappa shape index (κ1) is 19.8. The van der Waals surface area contributed by atoms with Gasteiger partial charge in [0.05, 0.1) is 11.8 Å². The molecule has 0 atom stereocenters. The number of nitrogens with zero attached hydrogens (tertiary/aromatic N) is 1. The zero-order chi connectivity index (χ0) is 19.9. The molecule has 1 amide bonds. The third-order valence-electron chi connectivity index (χ3n) is 3.64. The zero-order valence-electron chi connectivity index (χ0n) is 14.4. The van der Waals surface area contributed by atoms with Gasteiger partial charge in [-0.25, -0.2) is 10.2 Å². The minimum absolute atomic E-state index is 0.317. The molecule has 0 heterocycles. The Kier molecular flexibility index (Phi) is 6.57. The molecule has 1 N–H and O–H groups in total. The Hall–Kier alpha value is -2.96. The highest BCUT2D eigenvalue weighted by atomic mass is 79.9. The summed E-state index contributed by atoms with van der Waals surface area (Å²) < 4.78 is 6.24. The van der Waals surface area contributed by atoms with Crippen molar-refractivity contribution in [2.45, 2.75) is 0 Å². The van der Waals surface area contributed by atoms with Crippen molar-refractivity contribution in [3.8, 4) is 5.75 Å². The molecule has 0 saturated carbocycles. The maximum Gasteiger partial charge on any atom is 0.343 e. The Balaban J connectivity index is 1.74. The molecule has 140 valence electrons. The lowest BCUT2D eigenvalue weighted by Crippen LogP contribution is -2.17. The maximum absolute atomic E-state index is 12.3. The molecule has 3 aromatic rings. The van der Waals surface area contributed by atoms with Gasteiger partial charge in [0, 0.05) is 20.6 Å². The van der Waals surface area contributed by atoms with Crippen LogP contribution < -0.4 is 10.2 Å². The molecule has 0 aliphatic heterocycles. The Morgan fingerprint density at radius 3 is 2.46 bits per heavy atom. The van der Waals surface area contributed by atoms with E-state index in [9.17, 15) is 9.59 Å². The molecule has 0 aromatic heterocycles. The third kappa shape index (κ3) is 5.28. The molecule has 28 heavy (non-hydrogen) atoms. The Morgan fingerprint density at radius 1 is 0.964 bits per heavy atom.